The normalized spacial score (nSPS) is 10.4. The topological polar surface area (TPSA) is 57.5 Å². The third-order valence-corrected chi connectivity index (χ3v) is 3.10. The first kappa shape index (κ1) is 19.0. The number of hydrogen-bond acceptors (Lipinski definition) is 1. The molecule has 0 saturated heterocycles. The van der Waals surface area contributed by atoms with Crippen molar-refractivity contribution in [1.29, 1.82) is 0 Å². The van der Waals surface area contributed by atoms with Crippen LogP contribution in [-0.2, 0) is 4.57 Å². The second kappa shape index (κ2) is 8.89. The van der Waals surface area contributed by atoms with Gasteiger partial charge in [-0.2, -0.15) is 0 Å². The highest BCUT2D eigenvalue weighted by Gasteiger charge is 1.95. The van der Waals surface area contributed by atoms with Crippen LogP contribution in [0.1, 0.15) is 13.8 Å². The van der Waals surface area contributed by atoms with Gasteiger partial charge < -0.3 is 9.79 Å². The summed E-state index contributed by atoms with van der Waals surface area (Å²) in [5.41, 5.74) is 0.917. The Morgan fingerprint density at radius 2 is 1.33 bits per heavy atom. The standard InChI is InChI=1S/C5H13P.CH5O3P.HI/c1-5(2)6(3)4;1-5(2,3)4;/h5H,1-4H3;1H3,(H2,2,3,4);1H. The Bertz CT molecular complexity index is 118. The Balaban J connectivity index is -0.000000126. The zero-order valence-corrected chi connectivity index (χ0v) is 12.3. The molecular weight excluding hydrogens is 309 g/mol. The minimum Gasteiger partial charge on any atom is -0.325 e. The Hall–Kier alpha value is 1.31. The van der Waals surface area contributed by atoms with E-state index in [1.165, 1.54) is 0 Å². The smallest absolute Gasteiger partial charge is 0.322 e. The summed E-state index contributed by atoms with van der Waals surface area (Å²) in [7, 11) is -3.30. The van der Waals surface area contributed by atoms with Gasteiger partial charge in [-0.1, -0.05) is 13.8 Å². The Labute approximate surface area is 93.3 Å². The molecule has 0 heterocycles. The van der Waals surface area contributed by atoms with E-state index in [1.54, 1.807) is 0 Å². The van der Waals surface area contributed by atoms with Gasteiger partial charge in [0.05, 0.1) is 0 Å². The van der Waals surface area contributed by atoms with Crippen LogP contribution in [-0.4, -0.2) is 35.4 Å². The van der Waals surface area contributed by atoms with Gasteiger partial charge in [-0.05, 0) is 19.0 Å². The minimum absolute atomic E-state index is 0. The molecule has 0 spiro atoms. The van der Waals surface area contributed by atoms with Gasteiger partial charge >= 0.3 is 7.60 Å². The third kappa shape index (κ3) is 42.6. The zero-order chi connectivity index (χ0) is 9.65. The molecule has 0 aliphatic carbocycles. The molecule has 0 aromatic carbocycles. The molecule has 0 atom stereocenters. The van der Waals surface area contributed by atoms with Crippen LogP contribution in [0.3, 0.4) is 0 Å². The van der Waals surface area contributed by atoms with Gasteiger partial charge in [-0.15, -0.1) is 31.9 Å². The molecule has 0 unspecified atom stereocenters. The van der Waals surface area contributed by atoms with Crippen molar-refractivity contribution in [2.75, 3.05) is 20.0 Å². The van der Waals surface area contributed by atoms with Gasteiger partial charge in [-0.3, -0.25) is 4.57 Å². The maximum atomic E-state index is 9.33. The van der Waals surface area contributed by atoms with Gasteiger partial charge in [0.2, 0.25) is 0 Å². The van der Waals surface area contributed by atoms with E-state index >= 15 is 0 Å². The van der Waals surface area contributed by atoms with Crippen molar-refractivity contribution in [3.8, 4) is 0 Å². The molecular formula is C6H19IO3P2. The Morgan fingerprint density at radius 3 is 1.33 bits per heavy atom. The number of halogens is 1. The van der Waals surface area contributed by atoms with E-state index < -0.39 is 7.60 Å². The van der Waals surface area contributed by atoms with Crippen LogP contribution in [0.25, 0.3) is 0 Å². The zero-order valence-electron chi connectivity index (χ0n) is 8.18. The Kier molecular flexibility index (Phi) is 14.1. The number of rotatable bonds is 1. The molecule has 0 saturated carbocycles. The van der Waals surface area contributed by atoms with Crippen LogP contribution in [0.15, 0.2) is 0 Å². The van der Waals surface area contributed by atoms with Crippen LogP contribution in [0.5, 0.6) is 0 Å². The quantitative estimate of drug-likeness (QED) is 0.575. The van der Waals surface area contributed by atoms with Gasteiger partial charge in [0, 0.05) is 6.66 Å². The fourth-order valence-corrected chi connectivity index (χ4v) is 0. The lowest BCUT2D eigenvalue weighted by Gasteiger charge is -2.06. The summed E-state index contributed by atoms with van der Waals surface area (Å²) < 4.78 is 9.33. The predicted molar refractivity (Wildman–Crippen MR) is 67.3 cm³/mol. The van der Waals surface area contributed by atoms with Crippen LogP contribution in [0.2, 0.25) is 0 Å². The number of hydrogen-bond donors (Lipinski definition) is 2. The van der Waals surface area contributed by atoms with Crippen LogP contribution < -0.4 is 0 Å². The van der Waals surface area contributed by atoms with Gasteiger partial charge in [0.15, 0.2) is 0 Å². The lowest BCUT2D eigenvalue weighted by atomic mass is 10.6. The van der Waals surface area contributed by atoms with E-state index in [4.69, 9.17) is 9.79 Å². The molecule has 0 aromatic rings. The first-order chi connectivity index (χ1) is 4.64. The van der Waals surface area contributed by atoms with E-state index in [1.807, 2.05) is 0 Å². The van der Waals surface area contributed by atoms with Crippen molar-refractivity contribution < 1.29 is 14.4 Å². The van der Waals surface area contributed by atoms with E-state index in [0.29, 0.717) is 7.92 Å². The molecule has 0 bridgehead atoms. The van der Waals surface area contributed by atoms with Gasteiger partial charge in [0.1, 0.15) is 0 Å². The molecule has 0 fully saturated rings. The first-order valence-electron chi connectivity index (χ1n) is 3.34. The lowest BCUT2D eigenvalue weighted by molar-refractivity contribution is 0.381. The highest BCUT2D eigenvalue weighted by atomic mass is 127. The average Bonchev–Trinajstić information content (AvgIpc) is 1.59. The third-order valence-electron chi connectivity index (χ3n) is 1.03. The molecule has 78 valence electrons. The molecule has 0 amide bonds. The maximum Gasteiger partial charge on any atom is 0.322 e. The van der Waals surface area contributed by atoms with E-state index in [-0.39, 0.29) is 24.0 Å². The van der Waals surface area contributed by atoms with Crippen molar-refractivity contribution in [1.82, 2.24) is 0 Å². The van der Waals surface area contributed by atoms with Crippen molar-refractivity contribution in [2.45, 2.75) is 19.5 Å². The molecule has 0 aliphatic heterocycles. The fraction of sp³-hybridized carbons (Fsp3) is 1.00. The second-order valence-electron chi connectivity index (χ2n) is 2.89. The highest BCUT2D eigenvalue weighted by Crippen LogP contribution is 2.30. The highest BCUT2D eigenvalue weighted by molar-refractivity contribution is 14.0. The van der Waals surface area contributed by atoms with Gasteiger partial charge in [-0.25, -0.2) is 0 Å². The van der Waals surface area contributed by atoms with E-state index in [9.17, 15) is 4.57 Å². The van der Waals surface area contributed by atoms with Crippen LogP contribution in [0.4, 0.5) is 0 Å². The summed E-state index contributed by atoms with van der Waals surface area (Å²) in [4.78, 5) is 15.3. The minimum atomic E-state index is -3.64. The van der Waals surface area contributed by atoms with Crippen LogP contribution in [0, 0.1) is 0 Å². The van der Waals surface area contributed by atoms with Crippen LogP contribution >= 0.6 is 39.5 Å². The molecule has 0 rings (SSSR count). The van der Waals surface area contributed by atoms with Crippen molar-refractivity contribution >= 4 is 39.5 Å². The lowest BCUT2D eigenvalue weighted by Crippen LogP contribution is -1.86. The summed E-state index contributed by atoms with van der Waals surface area (Å²) >= 11 is 0. The summed E-state index contributed by atoms with van der Waals surface area (Å²) in [5.74, 6) is 0. The summed E-state index contributed by atoms with van der Waals surface area (Å²) in [6, 6.07) is 0. The molecule has 0 radical (unpaired) electrons. The van der Waals surface area contributed by atoms with Crippen molar-refractivity contribution in [2.24, 2.45) is 0 Å². The van der Waals surface area contributed by atoms with Gasteiger partial charge in [0.25, 0.3) is 0 Å². The van der Waals surface area contributed by atoms with E-state index in [2.05, 4.69) is 27.2 Å². The summed E-state index contributed by atoms with van der Waals surface area (Å²) in [6.07, 6.45) is 0. The predicted octanol–water partition coefficient (Wildman–Crippen LogP) is 2.55. The van der Waals surface area contributed by atoms with Crippen molar-refractivity contribution in [3.63, 3.8) is 0 Å². The molecule has 2 N–H and O–H groups in total. The molecule has 6 heteroatoms. The summed E-state index contributed by atoms with van der Waals surface area (Å²) in [6.45, 7) is 10.0. The largest absolute Gasteiger partial charge is 0.325 e. The molecule has 3 nitrogen and oxygen atoms in total. The molecule has 0 aromatic heterocycles. The van der Waals surface area contributed by atoms with Crippen molar-refractivity contribution in [3.05, 3.63) is 0 Å². The first-order valence-corrected chi connectivity index (χ1v) is 7.70. The maximum absolute atomic E-state index is 9.33. The molecule has 12 heavy (non-hydrogen) atoms. The van der Waals surface area contributed by atoms with E-state index in [0.717, 1.165) is 12.3 Å². The average molecular weight is 328 g/mol. The Morgan fingerprint density at radius 1 is 1.25 bits per heavy atom. The second-order valence-corrected chi connectivity index (χ2v) is 7.52. The fourth-order valence-electron chi connectivity index (χ4n) is 0. The summed E-state index contributed by atoms with van der Waals surface area (Å²) in [5, 5.41) is 0. The molecule has 0 aliphatic rings. The SMILES string of the molecule is CC(C)P(C)C.CP(=O)(O)O.I. The monoisotopic (exact) mass is 328 g/mol.